The Labute approximate surface area is 137 Å². The van der Waals surface area contributed by atoms with Crippen LogP contribution in [-0.2, 0) is 22.3 Å². The van der Waals surface area contributed by atoms with Gasteiger partial charge in [-0.1, -0.05) is 13.8 Å². The Bertz CT molecular complexity index is 538. The number of nitrogens with zero attached hydrogens (tertiary/aromatic N) is 3. The van der Waals surface area contributed by atoms with E-state index in [2.05, 4.69) is 29.1 Å². The highest BCUT2D eigenvalue weighted by Crippen LogP contribution is 2.21. The minimum atomic E-state index is -0.330. The number of ether oxygens (including phenoxy) is 2. The minimum Gasteiger partial charge on any atom is -0.453 e. The van der Waals surface area contributed by atoms with Gasteiger partial charge in [0.05, 0.1) is 37.2 Å². The summed E-state index contributed by atoms with van der Waals surface area (Å²) in [5.41, 5.74) is 1.87. The molecule has 7 nitrogen and oxygen atoms in total. The summed E-state index contributed by atoms with van der Waals surface area (Å²) in [5.74, 6) is 0.785. The van der Waals surface area contributed by atoms with Gasteiger partial charge in [-0.3, -0.25) is 4.98 Å². The van der Waals surface area contributed by atoms with Gasteiger partial charge in [-0.25, -0.2) is 9.78 Å². The van der Waals surface area contributed by atoms with Crippen LogP contribution in [0.2, 0.25) is 0 Å². The number of hydrogen-bond donors (Lipinski definition) is 1. The fourth-order valence-electron chi connectivity index (χ4n) is 2.74. The Morgan fingerprint density at radius 1 is 1.35 bits per heavy atom. The van der Waals surface area contributed by atoms with Crippen LogP contribution in [0, 0.1) is 0 Å². The molecule has 0 bridgehead atoms. The van der Waals surface area contributed by atoms with Crippen molar-refractivity contribution in [2.45, 2.75) is 45.8 Å². The summed E-state index contributed by atoms with van der Waals surface area (Å²) in [6.45, 7) is 7.69. The lowest BCUT2D eigenvalue weighted by Gasteiger charge is -2.21. The second-order valence-corrected chi connectivity index (χ2v) is 5.48. The number of aromatic nitrogens is 2. The highest BCUT2D eigenvalue weighted by atomic mass is 16.5. The number of likely N-dealkylation sites (tertiary alicyclic amines) is 1. The molecule has 1 saturated heterocycles. The molecule has 1 aliphatic rings. The van der Waals surface area contributed by atoms with E-state index >= 15 is 0 Å². The van der Waals surface area contributed by atoms with Crippen molar-refractivity contribution in [2.24, 2.45) is 0 Å². The van der Waals surface area contributed by atoms with Crippen molar-refractivity contribution in [1.29, 1.82) is 0 Å². The van der Waals surface area contributed by atoms with E-state index in [-0.39, 0.29) is 18.2 Å². The number of aryl methyl sites for hydroxylation is 2. The van der Waals surface area contributed by atoms with E-state index in [4.69, 9.17) is 9.47 Å². The fourth-order valence-corrected chi connectivity index (χ4v) is 2.74. The Hall–Kier alpha value is -1.89. The van der Waals surface area contributed by atoms with Gasteiger partial charge in [-0.15, -0.1) is 0 Å². The molecule has 128 valence electrons. The molecule has 2 atom stereocenters. The van der Waals surface area contributed by atoms with Crippen LogP contribution >= 0.6 is 0 Å². The number of anilines is 1. The van der Waals surface area contributed by atoms with Crippen LogP contribution in [0.5, 0.6) is 0 Å². The minimum absolute atomic E-state index is 0.0271. The van der Waals surface area contributed by atoms with Crippen LogP contribution in [0.25, 0.3) is 0 Å². The van der Waals surface area contributed by atoms with Crippen molar-refractivity contribution in [2.75, 3.05) is 32.1 Å². The lowest BCUT2D eigenvalue weighted by molar-refractivity contribution is 0.0613. The quantitative estimate of drug-likeness (QED) is 0.861. The Morgan fingerprint density at radius 2 is 2.13 bits per heavy atom. The maximum Gasteiger partial charge on any atom is 0.409 e. The summed E-state index contributed by atoms with van der Waals surface area (Å²) in [6.07, 6.45) is 3.03. The summed E-state index contributed by atoms with van der Waals surface area (Å²) < 4.78 is 10.6. The number of carbonyl (C=O) groups excluding carboxylic acids is 1. The third-order valence-corrected chi connectivity index (χ3v) is 4.00. The average Bonchev–Trinajstić information content (AvgIpc) is 2.97. The smallest absolute Gasteiger partial charge is 0.409 e. The maximum absolute atomic E-state index is 11.8. The van der Waals surface area contributed by atoms with Gasteiger partial charge < -0.3 is 19.7 Å². The summed E-state index contributed by atoms with van der Waals surface area (Å²) in [6, 6.07) is -0.0271. The summed E-state index contributed by atoms with van der Waals surface area (Å²) >= 11 is 0. The first-order valence-electron chi connectivity index (χ1n) is 8.18. The lowest BCUT2D eigenvalue weighted by atomic mass is 10.2. The van der Waals surface area contributed by atoms with Crippen molar-refractivity contribution in [3.63, 3.8) is 0 Å². The third-order valence-electron chi connectivity index (χ3n) is 4.00. The van der Waals surface area contributed by atoms with E-state index < -0.39 is 0 Å². The van der Waals surface area contributed by atoms with E-state index in [0.717, 1.165) is 30.0 Å². The maximum atomic E-state index is 11.8. The predicted octanol–water partition coefficient (Wildman–Crippen LogP) is 1.87. The molecule has 0 aromatic carbocycles. The van der Waals surface area contributed by atoms with Crippen LogP contribution in [0.3, 0.4) is 0 Å². The summed E-state index contributed by atoms with van der Waals surface area (Å²) in [4.78, 5) is 22.6. The van der Waals surface area contributed by atoms with Gasteiger partial charge in [0, 0.05) is 19.3 Å². The van der Waals surface area contributed by atoms with Gasteiger partial charge in [0.1, 0.15) is 5.82 Å². The second-order valence-electron chi connectivity index (χ2n) is 5.48. The van der Waals surface area contributed by atoms with Gasteiger partial charge in [0.15, 0.2) is 0 Å². The number of methoxy groups -OCH3 is 1. The predicted molar refractivity (Wildman–Crippen MR) is 87.6 cm³/mol. The van der Waals surface area contributed by atoms with Gasteiger partial charge in [-0.05, 0) is 19.8 Å². The van der Waals surface area contributed by atoms with E-state index in [1.807, 2.05) is 13.1 Å². The first-order chi connectivity index (χ1) is 11.1. The Balaban J connectivity index is 2.17. The van der Waals surface area contributed by atoms with Crippen molar-refractivity contribution >= 4 is 11.9 Å². The van der Waals surface area contributed by atoms with Crippen molar-refractivity contribution in [3.8, 4) is 0 Å². The van der Waals surface area contributed by atoms with Crippen LogP contribution in [-0.4, -0.2) is 59.9 Å². The van der Waals surface area contributed by atoms with Crippen LogP contribution in [0.4, 0.5) is 10.6 Å². The van der Waals surface area contributed by atoms with Gasteiger partial charge in [-0.2, -0.15) is 0 Å². The molecule has 2 unspecified atom stereocenters. The Morgan fingerprint density at radius 3 is 2.74 bits per heavy atom. The van der Waals surface area contributed by atoms with Gasteiger partial charge in [0.2, 0.25) is 0 Å². The van der Waals surface area contributed by atoms with Crippen molar-refractivity contribution < 1.29 is 14.3 Å². The molecular weight excluding hydrogens is 296 g/mol. The average molecular weight is 322 g/mol. The number of rotatable bonds is 6. The van der Waals surface area contributed by atoms with E-state index in [1.165, 1.54) is 7.11 Å². The van der Waals surface area contributed by atoms with Gasteiger partial charge >= 0.3 is 6.09 Å². The fraction of sp³-hybridized carbons (Fsp3) is 0.688. The van der Waals surface area contributed by atoms with Crippen molar-refractivity contribution in [3.05, 3.63) is 17.6 Å². The molecular formula is C16H26N4O3. The van der Waals surface area contributed by atoms with E-state index in [1.54, 1.807) is 4.90 Å². The molecule has 1 N–H and O–H groups in total. The normalized spacial score (nSPS) is 20.6. The molecule has 1 amide bonds. The second kappa shape index (κ2) is 8.10. The van der Waals surface area contributed by atoms with E-state index in [9.17, 15) is 4.79 Å². The van der Waals surface area contributed by atoms with E-state index in [0.29, 0.717) is 19.7 Å². The molecule has 23 heavy (non-hydrogen) atoms. The number of nitrogens with one attached hydrogen (secondary N) is 1. The van der Waals surface area contributed by atoms with Crippen molar-refractivity contribution in [1.82, 2.24) is 14.9 Å². The number of carbonyl (C=O) groups is 1. The zero-order chi connectivity index (χ0) is 16.8. The summed E-state index contributed by atoms with van der Waals surface area (Å²) in [5, 5.41) is 3.43. The largest absolute Gasteiger partial charge is 0.453 e. The molecule has 0 spiro atoms. The highest BCUT2D eigenvalue weighted by Gasteiger charge is 2.37. The zero-order valence-corrected chi connectivity index (χ0v) is 14.3. The molecule has 7 heteroatoms. The molecule has 2 rings (SSSR count). The zero-order valence-electron chi connectivity index (χ0n) is 14.3. The van der Waals surface area contributed by atoms with Crippen LogP contribution in [0.15, 0.2) is 6.20 Å². The first kappa shape index (κ1) is 17.5. The molecule has 0 saturated carbocycles. The molecule has 0 radical (unpaired) electrons. The third kappa shape index (κ3) is 4.10. The van der Waals surface area contributed by atoms with Gasteiger partial charge in [0.25, 0.3) is 0 Å². The molecule has 0 aliphatic carbocycles. The van der Waals surface area contributed by atoms with Crippen LogP contribution in [0.1, 0.15) is 32.2 Å². The number of amides is 1. The lowest BCUT2D eigenvalue weighted by Crippen LogP contribution is -2.35. The molecule has 1 aromatic heterocycles. The topological polar surface area (TPSA) is 76.6 Å². The SMILES string of the molecule is CCOC1CN(C(=O)OC)CC1Nc1nc(CC)cnc1CC. The molecule has 1 aromatic rings. The number of hydrogen-bond acceptors (Lipinski definition) is 6. The Kier molecular flexibility index (Phi) is 6.15. The molecule has 1 fully saturated rings. The monoisotopic (exact) mass is 322 g/mol. The standard InChI is InChI=1S/C16H26N4O3/c1-5-11-8-17-12(6-2)15(18-11)19-13-9-20(16(21)22-4)10-14(13)23-7-3/h8,13-14H,5-7,9-10H2,1-4H3,(H,18,19). The molecule has 2 heterocycles. The first-order valence-corrected chi connectivity index (χ1v) is 8.18. The van der Waals surface area contributed by atoms with Crippen LogP contribution < -0.4 is 5.32 Å². The summed E-state index contributed by atoms with van der Waals surface area (Å²) in [7, 11) is 1.39. The highest BCUT2D eigenvalue weighted by molar-refractivity contribution is 5.68. The molecule has 1 aliphatic heterocycles.